The number of nitrogens with one attached hydrogen (secondary N) is 1. The van der Waals surface area contributed by atoms with E-state index in [1.54, 1.807) is 31.2 Å². The van der Waals surface area contributed by atoms with Crippen LogP contribution in [-0.2, 0) is 14.8 Å². The maximum atomic E-state index is 12.0. The van der Waals surface area contributed by atoms with Crippen LogP contribution in [0.15, 0.2) is 47.4 Å². The Bertz CT molecular complexity index is 870. The first-order valence-corrected chi connectivity index (χ1v) is 9.47. The number of hydrogen-bond acceptors (Lipinski definition) is 4. The second-order valence-corrected chi connectivity index (χ2v) is 7.67. The largest absolute Gasteiger partial charge is 0.482 e. The molecular formula is C16H16Cl2N2O4S. The Hall–Kier alpha value is -1.80. The average Bonchev–Trinajstić information content (AvgIpc) is 2.55. The lowest BCUT2D eigenvalue weighted by molar-refractivity contribution is -0.123. The van der Waals surface area contributed by atoms with Gasteiger partial charge in [0.15, 0.2) is 6.61 Å². The summed E-state index contributed by atoms with van der Waals surface area (Å²) in [5.41, 5.74) is 0.724. The van der Waals surface area contributed by atoms with Crippen LogP contribution in [0.5, 0.6) is 5.75 Å². The van der Waals surface area contributed by atoms with Gasteiger partial charge in [0.1, 0.15) is 5.75 Å². The smallest absolute Gasteiger partial charge is 0.258 e. The second-order valence-electron chi connectivity index (χ2n) is 5.27. The van der Waals surface area contributed by atoms with Crippen LogP contribution in [0.4, 0.5) is 0 Å². The molecule has 0 aliphatic carbocycles. The molecule has 0 saturated carbocycles. The first kappa shape index (κ1) is 19.5. The van der Waals surface area contributed by atoms with Gasteiger partial charge >= 0.3 is 0 Å². The SMILES string of the molecule is C[C@H](NC(=O)COc1cc(Cl)ccc1Cl)c1ccc(S(N)(=O)=O)cc1. The van der Waals surface area contributed by atoms with Crippen LogP contribution >= 0.6 is 23.2 Å². The molecule has 0 spiro atoms. The Kier molecular flexibility index (Phi) is 6.29. The normalized spacial score (nSPS) is 12.5. The van der Waals surface area contributed by atoms with Gasteiger partial charge < -0.3 is 10.1 Å². The van der Waals surface area contributed by atoms with E-state index >= 15 is 0 Å². The van der Waals surface area contributed by atoms with Gasteiger partial charge in [-0.1, -0.05) is 35.3 Å². The highest BCUT2D eigenvalue weighted by molar-refractivity contribution is 7.89. The number of halogens is 2. The molecule has 0 aliphatic rings. The summed E-state index contributed by atoms with van der Waals surface area (Å²) in [5, 5.41) is 8.58. The zero-order valence-corrected chi connectivity index (χ0v) is 15.5. The van der Waals surface area contributed by atoms with Crippen LogP contribution < -0.4 is 15.2 Å². The fourth-order valence-corrected chi connectivity index (χ4v) is 2.89. The molecule has 6 nitrogen and oxygen atoms in total. The number of hydrogen-bond donors (Lipinski definition) is 2. The number of primary sulfonamides is 1. The maximum Gasteiger partial charge on any atom is 0.258 e. The van der Waals surface area contributed by atoms with Crippen LogP contribution in [0.3, 0.4) is 0 Å². The van der Waals surface area contributed by atoms with E-state index in [0.717, 1.165) is 5.56 Å². The van der Waals surface area contributed by atoms with Gasteiger partial charge in [0, 0.05) is 11.1 Å². The molecule has 1 amide bonds. The van der Waals surface area contributed by atoms with Gasteiger partial charge in [-0.05, 0) is 36.8 Å². The number of carbonyl (C=O) groups excluding carboxylic acids is 1. The van der Waals surface area contributed by atoms with E-state index < -0.39 is 10.0 Å². The van der Waals surface area contributed by atoms with Crippen LogP contribution in [0.25, 0.3) is 0 Å². The Morgan fingerprint density at radius 1 is 1.20 bits per heavy atom. The van der Waals surface area contributed by atoms with Gasteiger partial charge in [-0.2, -0.15) is 0 Å². The summed E-state index contributed by atoms with van der Waals surface area (Å²) < 4.78 is 27.8. The summed E-state index contributed by atoms with van der Waals surface area (Å²) in [6.45, 7) is 1.52. The highest BCUT2D eigenvalue weighted by Gasteiger charge is 2.13. The van der Waals surface area contributed by atoms with Crippen molar-refractivity contribution in [3.05, 3.63) is 58.1 Å². The van der Waals surface area contributed by atoms with Crippen LogP contribution in [0, 0.1) is 0 Å². The molecule has 0 bridgehead atoms. The van der Waals surface area contributed by atoms with E-state index in [1.165, 1.54) is 18.2 Å². The molecule has 0 aliphatic heterocycles. The molecule has 9 heteroatoms. The quantitative estimate of drug-likeness (QED) is 0.775. The third kappa shape index (κ3) is 5.61. The van der Waals surface area contributed by atoms with Crippen LogP contribution in [-0.4, -0.2) is 20.9 Å². The molecule has 0 fully saturated rings. The molecule has 0 aromatic heterocycles. The van der Waals surface area contributed by atoms with Gasteiger partial charge in [0.05, 0.1) is 16.0 Å². The zero-order chi connectivity index (χ0) is 18.6. The minimum atomic E-state index is -3.75. The molecule has 0 unspecified atom stereocenters. The molecule has 0 radical (unpaired) electrons. The molecule has 0 heterocycles. The maximum absolute atomic E-state index is 12.0. The van der Waals surface area contributed by atoms with Gasteiger partial charge in [0.2, 0.25) is 10.0 Å². The first-order chi connectivity index (χ1) is 11.7. The minimum Gasteiger partial charge on any atom is -0.482 e. The number of nitrogens with two attached hydrogens (primary N) is 1. The summed E-state index contributed by atoms with van der Waals surface area (Å²) in [5.74, 6) is -0.0476. The molecule has 2 rings (SSSR count). The van der Waals surface area contributed by atoms with Crippen molar-refractivity contribution < 1.29 is 17.9 Å². The second kappa shape index (κ2) is 8.05. The number of rotatable bonds is 6. The topological polar surface area (TPSA) is 98.5 Å². The van der Waals surface area contributed by atoms with Crippen molar-refractivity contribution in [1.82, 2.24) is 5.32 Å². The predicted octanol–water partition coefficient (Wildman–Crippen LogP) is 2.90. The molecule has 1 atom stereocenters. The minimum absolute atomic E-state index is 0.00806. The van der Waals surface area contributed by atoms with Gasteiger partial charge in [0.25, 0.3) is 5.91 Å². The van der Waals surface area contributed by atoms with Crippen molar-refractivity contribution in [1.29, 1.82) is 0 Å². The molecule has 134 valence electrons. The summed E-state index contributed by atoms with van der Waals surface area (Å²) in [6.07, 6.45) is 0. The standard InChI is InChI=1S/C16H16Cl2N2O4S/c1-10(11-2-5-13(6-3-11)25(19,22)23)20-16(21)9-24-15-8-12(17)4-7-14(15)18/h2-8,10H,9H2,1H3,(H,20,21)(H2,19,22,23)/t10-/m0/s1. The highest BCUT2D eigenvalue weighted by atomic mass is 35.5. The zero-order valence-electron chi connectivity index (χ0n) is 13.2. The van der Waals surface area contributed by atoms with Gasteiger partial charge in [-0.25, -0.2) is 13.6 Å². The monoisotopic (exact) mass is 402 g/mol. The third-order valence-electron chi connectivity index (χ3n) is 3.34. The van der Waals surface area contributed by atoms with Gasteiger partial charge in [-0.15, -0.1) is 0 Å². The lowest BCUT2D eigenvalue weighted by Gasteiger charge is -2.15. The van der Waals surface area contributed by atoms with E-state index in [0.29, 0.717) is 15.8 Å². The highest BCUT2D eigenvalue weighted by Crippen LogP contribution is 2.27. The predicted molar refractivity (Wildman–Crippen MR) is 96.3 cm³/mol. The molecule has 2 aromatic carbocycles. The van der Waals surface area contributed by atoms with E-state index in [2.05, 4.69) is 5.32 Å². The Morgan fingerprint density at radius 3 is 2.44 bits per heavy atom. The Morgan fingerprint density at radius 2 is 1.84 bits per heavy atom. The van der Waals surface area contributed by atoms with E-state index in [-0.39, 0.29) is 23.5 Å². The van der Waals surface area contributed by atoms with Crippen LogP contribution in [0.2, 0.25) is 10.0 Å². The van der Waals surface area contributed by atoms with Crippen molar-refractivity contribution in [2.45, 2.75) is 17.9 Å². The Labute approximate surface area is 155 Å². The fraction of sp³-hybridized carbons (Fsp3) is 0.188. The molecular weight excluding hydrogens is 387 g/mol. The third-order valence-corrected chi connectivity index (χ3v) is 4.81. The van der Waals surface area contributed by atoms with Crippen molar-refractivity contribution in [2.75, 3.05) is 6.61 Å². The summed E-state index contributed by atoms with van der Waals surface area (Å²) in [6, 6.07) is 10.3. The fourth-order valence-electron chi connectivity index (χ4n) is 2.04. The molecule has 0 saturated heterocycles. The first-order valence-electron chi connectivity index (χ1n) is 7.17. The van der Waals surface area contributed by atoms with E-state index in [1.807, 2.05) is 0 Å². The Balaban J connectivity index is 1.94. The molecule has 2 aromatic rings. The number of sulfonamides is 1. The molecule has 3 N–H and O–H groups in total. The number of carbonyl (C=O) groups is 1. The van der Waals surface area contributed by atoms with Crippen molar-refractivity contribution in [3.63, 3.8) is 0 Å². The lowest BCUT2D eigenvalue weighted by atomic mass is 10.1. The molecule has 25 heavy (non-hydrogen) atoms. The number of benzene rings is 2. The van der Waals surface area contributed by atoms with E-state index in [4.69, 9.17) is 33.1 Å². The number of amides is 1. The average molecular weight is 403 g/mol. The van der Waals surface area contributed by atoms with Crippen LogP contribution in [0.1, 0.15) is 18.5 Å². The van der Waals surface area contributed by atoms with Crippen molar-refractivity contribution in [3.8, 4) is 5.75 Å². The number of ether oxygens (including phenoxy) is 1. The summed E-state index contributed by atoms with van der Waals surface area (Å²) in [4.78, 5) is 12.0. The van der Waals surface area contributed by atoms with Crippen molar-refractivity contribution in [2.24, 2.45) is 5.14 Å². The van der Waals surface area contributed by atoms with Gasteiger partial charge in [-0.3, -0.25) is 4.79 Å². The van der Waals surface area contributed by atoms with Crippen molar-refractivity contribution >= 4 is 39.1 Å². The van der Waals surface area contributed by atoms with E-state index in [9.17, 15) is 13.2 Å². The lowest BCUT2D eigenvalue weighted by Crippen LogP contribution is -2.31. The summed E-state index contributed by atoms with van der Waals surface area (Å²) in [7, 11) is -3.75. The summed E-state index contributed by atoms with van der Waals surface area (Å²) >= 11 is 11.8.